The topological polar surface area (TPSA) is 58.7 Å². The summed E-state index contributed by atoms with van der Waals surface area (Å²) in [5.74, 6) is 0. The molecular formula is C21H22ClN3O2. The third kappa shape index (κ3) is 3.60. The molecule has 0 spiro atoms. The minimum atomic E-state index is -0.503. The SMILES string of the molecule is CC1=CC(C)(C)N(C)c2cc(C)c(C=Nc3ccc(Cl)c([N+](=O)[O-])c3)cc21. The summed E-state index contributed by atoms with van der Waals surface area (Å²) < 4.78 is 0. The van der Waals surface area contributed by atoms with E-state index in [-0.39, 0.29) is 16.2 Å². The third-order valence-corrected chi connectivity index (χ3v) is 5.40. The van der Waals surface area contributed by atoms with Crippen LogP contribution in [0.15, 0.2) is 41.4 Å². The zero-order valence-corrected chi connectivity index (χ0v) is 16.8. The van der Waals surface area contributed by atoms with E-state index in [0.29, 0.717) is 5.69 Å². The number of hydrogen-bond donors (Lipinski definition) is 0. The van der Waals surface area contributed by atoms with E-state index in [9.17, 15) is 10.1 Å². The molecule has 0 unspecified atom stereocenters. The first-order valence-electron chi connectivity index (χ1n) is 8.66. The summed E-state index contributed by atoms with van der Waals surface area (Å²) in [6.45, 7) is 8.54. The molecule has 0 aliphatic carbocycles. The first-order valence-corrected chi connectivity index (χ1v) is 9.04. The van der Waals surface area contributed by atoms with E-state index >= 15 is 0 Å². The lowest BCUT2D eigenvalue weighted by Gasteiger charge is -2.41. The van der Waals surface area contributed by atoms with Gasteiger partial charge >= 0.3 is 0 Å². The van der Waals surface area contributed by atoms with Crippen molar-refractivity contribution < 1.29 is 4.92 Å². The van der Waals surface area contributed by atoms with Gasteiger partial charge in [0.05, 0.1) is 16.1 Å². The Bertz CT molecular complexity index is 993. The number of aliphatic imine (C=N–C) groups is 1. The van der Waals surface area contributed by atoms with Crippen LogP contribution in [0.1, 0.15) is 37.5 Å². The average molecular weight is 384 g/mol. The van der Waals surface area contributed by atoms with Crippen LogP contribution in [0.25, 0.3) is 5.57 Å². The molecule has 0 aromatic heterocycles. The van der Waals surface area contributed by atoms with E-state index in [1.165, 1.54) is 29.0 Å². The fourth-order valence-corrected chi connectivity index (χ4v) is 3.51. The molecule has 1 heterocycles. The predicted molar refractivity (Wildman–Crippen MR) is 113 cm³/mol. The van der Waals surface area contributed by atoms with Crippen molar-refractivity contribution in [2.45, 2.75) is 33.2 Å². The Hall–Kier alpha value is -2.66. The summed E-state index contributed by atoms with van der Waals surface area (Å²) in [6.07, 6.45) is 4.00. The van der Waals surface area contributed by atoms with Gasteiger partial charge in [-0.05, 0) is 68.7 Å². The monoisotopic (exact) mass is 383 g/mol. The normalized spacial score (nSPS) is 15.6. The first kappa shape index (κ1) is 19.1. The maximum Gasteiger partial charge on any atom is 0.290 e. The lowest BCUT2D eigenvalue weighted by Crippen LogP contribution is -2.42. The van der Waals surface area contributed by atoms with E-state index in [2.05, 4.69) is 55.9 Å². The van der Waals surface area contributed by atoms with Crippen molar-refractivity contribution in [2.75, 3.05) is 11.9 Å². The molecule has 0 atom stereocenters. The van der Waals surface area contributed by atoms with Crippen LogP contribution in [0.4, 0.5) is 17.1 Å². The summed E-state index contributed by atoms with van der Waals surface area (Å²) in [5, 5.41) is 11.1. The van der Waals surface area contributed by atoms with Gasteiger partial charge in [0.1, 0.15) is 5.02 Å². The summed E-state index contributed by atoms with van der Waals surface area (Å²) in [7, 11) is 2.10. The zero-order chi connectivity index (χ0) is 19.9. The van der Waals surface area contributed by atoms with Crippen LogP contribution < -0.4 is 4.90 Å². The second-order valence-corrected chi connectivity index (χ2v) is 7.82. The highest BCUT2D eigenvalue weighted by molar-refractivity contribution is 6.32. The number of halogens is 1. The molecule has 27 heavy (non-hydrogen) atoms. The Morgan fingerprint density at radius 2 is 1.93 bits per heavy atom. The molecule has 0 amide bonds. The zero-order valence-electron chi connectivity index (χ0n) is 16.1. The molecule has 0 radical (unpaired) electrons. The summed E-state index contributed by atoms with van der Waals surface area (Å²) in [5.41, 5.74) is 5.98. The summed E-state index contributed by atoms with van der Waals surface area (Å²) >= 11 is 5.86. The Kier molecular flexibility index (Phi) is 4.82. The Morgan fingerprint density at radius 3 is 2.59 bits per heavy atom. The predicted octanol–water partition coefficient (Wildman–Crippen LogP) is 5.94. The Balaban J connectivity index is 2.00. The second-order valence-electron chi connectivity index (χ2n) is 7.42. The van der Waals surface area contributed by atoms with Gasteiger partial charge in [-0.2, -0.15) is 0 Å². The van der Waals surface area contributed by atoms with Gasteiger partial charge in [0.25, 0.3) is 5.69 Å². The number of likely N-dealkylation sites (N-methyl/N-ethyl adjacent to an activating group) is 1. The molecule has 1 aliphatic rings. The molecule has 0 saturated heterocycles. The molecule has 140 valence electrons. The number of nitrogens with zero attached hydrogens (tertiary/aromatic N) is 3. The molecule has 2 aromatic rings. The average Bonchev–Trinajstić information content (AvgIpc) is 2.59. The lowest BCUT2D eigenvalue weighted by molar-refractivity contribution is -0.384. The number of aryl methyl sites for hydroxylation is 1. The van der Waals surface area contributed by atoms with Crippen molar-refractivity contribution in [1.29, 1.82) is 0 Å². The molecule has 6 heteroatoms. The number of fused-ring (bicyclic) bond motifs is 1. The van der Waals surface area contributed by atoms with Crippen molar-refractivity contribution in [3.8, 4) is 0 Å². The highest BCUT2D eigenvalue weighted by Gasteiger charge is 2.28. The largest absolute Gasteiger partial charge is 0.365 e. The van der Waals surface area contributed by atoms with Gasteiger partial charge in [0, 0.05) is 30.6 Å². The molecular weight excluding hydrogens is 362 g/mol. The van der Waals surface area contributed by atoms with Crippen molar-refractivity contribution in [1.82, 2.24) is 0 Å². The van der Waals surface area contributed by atoms with Crippen molar-refractivity contribution in [3.63, 3.8) is 0 Å². The molecule has 0 saturated carbocycles. The third-order valence-electron chi connectivity index (χ3n) is 5.08. The highest BCUT2D eigenvalue weighted by Crippen LogP contribution is 2.39. The van der Waals surface area contributed by atoms with E-state index in [1.807, 2.05) is 6.92 Å². The first-order chi connectivity index (χ1) is 12.6. The van der Waals surface area contributed by atoms with Gasteiger partial charge in [-0.15, -0.1) is 0 Å². The van der Waals surface area contributed by atoms with E-state index in [4.69, 9.17) is 11.6 Å². The van der Waals surface area contributed by atoms with Gasteiger partial charge in [-0.1, -0.05) is 17.7 Å². The fraction of sp³-hybridized carbons (Fsp3) is 0.286. The number of rotatable bonds is 3. The number of benzene rings is 2. The minimum absolute atomic E-state index is 0.0403. The Morgan fingerprint density at radius 1 is 1.22 bits per heavy atom. The van der Waals surface area contributed by atoms with E-state index < -0.39 is 4.92 Å². The summed E-state index contributed by atoms with van der Waals surface area (Å²) in [4.78, 5) is 17.2. The number of hydrogen-bond acceptors (Lipinski definition) is 4. The van der Waals surface area contributed by atoms with Crippen LogP contribution in [0, 0.1) is 17.0 Å². The van der Waals surface area contributed by atoms with Crippen molar-refractivity contribution >= 4 is 40.5 Å². The molecule has 3 rings (SSSR count). The van der Waals surface area contributed by atoms with Crippen molar-refractivity contribution in [2.24, 2.45) is 4.99 Å². The van der Waals surface area contributed by atoms with Gasteiger partial charge in [-0.3, -0.25) is 15.1 Å². The number of nitro groups is 1. The molecule has 2 aromatic carbocycles. The quantitative estimate of drug-likeness (QED) is 0.374. The molecule has 5 nitrogen and oxygen atoms in total. The van der Waals surface area contributed by atoms with Crippen LogP contribution in [-0.2, 0) is 0 Å². The van der Waals surface area contributed by atoms with Gasteiger partial charge in [-0.25, -0.2) is 0 Å². The van der Waals surface area contributed by atoms with Crippen LogP contribution in [-0.4, -0.2) is 23.7 Å². The number of allylic oxidation sites excluding steroid dienone is 1. The second kappa shape index (κ2) is 6.82. The highest BCUT2D eigenvalue weighted by atomic mass is 35.5. The fourth-order valence-electron chi connectivity index (χ4n) is 3.32. The lowest BCUT2D eigenvalue weighted by atomic mass is 9.87. The van der Waals surface area contributed by atoms with Crippen LogP contribution in [0.5, 0.6) is 0 Å². The molecule has 0 bridgehead atoms. The van der Waals surface area contributed by atoms with Crippen molar-refractivity contribution in [3.05, 3.63) is 68.2 Å². The smallest absolute Gasteiger partial charge is 0.290 e. The van der Waals surface area contributed by atoms with E-state index in [0.717, 1.165) is 11.1 Å². The standard InChI is InChI=1S/C21H22ClN3O2/c1-13-8-19-17(14(2)11-21(3,4)24(19)5)9-15(13)12-23-16-6-7-18(22)20(10-16)25(26)27/h6-12H,1-5H3. The van der Waals surface area contributed by atoms with Gasteiger partial charge in [0.2, 0.25) is 0 Å². The van der Waals surface area contributed by atoms with Crippen LogP contribution in [0.3, 0.4) is 0 Å². The molecule has 0 N–H and O–H groups in total. The van der Waals surface area contributed by atoms with Crippen LogP contribution >= 0.6 is 11.6 Å². The van der Waals surface area contributed by atoms with E-state index in [1.54, 1.807) is 12.3 Å². The van der Waals surface area contributed by atoms with Gasteiger partial charge in [0.15, 0.2) is 0 Å². The summed E-state index contributed by atoms with van der Waals surface area (Å²) in [6, 6.07) is 8.83. The maximum atomic E-state index is 11.0. The maximum absolute atomic E-state index is 11.0. The Labute approximate surface area is 164 Å². The van der Waals surface area contributed by atoms with Gasteiger partial charge < -0.3 is 4.90 Å². The number of anilines is 1. The molecule has 1 aliphatic heterocycles. The van der Waals surface area contributed by atoms with Crippen LogP contribution in [0.2, 0.25) is 5.02 Å². The molecule has 0 fully saturated rings. The number of nitro benzene ring substituents is 1. The minimum Gasteiger partial charge on any atom is -0.365 e.